The van der Waals surface area contributed by atoms with Crippen LogP contribution in [0.3, 0.4) is 0 Å². The maximum atomic E-state index is 5.42. The van der Waals surface area contributed by atoms with Crippen molar-refractivity contribution in [1.82, 2.24) is 10.2 Å². The summed E-state index contributed by atoms with van der Waals surface area (Å²) in [6.07, 6.45) is 0. The molecule has 1 aromatic rings. The lowest BCUT2D eigenvalue weighted by molar-refractivity contribution is 0.303. The third kappa shape index (κ3) is 2.50. The van der Waals surface area contributed by atoms with Gasteiger partial charge in [0.15, 0.2) is 11.5 Å². The Bertz CT molecular complexity index is 478. The molecule has 2 fully saturated rings. The highest BCUT2D eigenvalue weighted by atomic mass is 16.5. The molecule has 0 aliphatic carbocycles. The summed E-state index contributed by atoms with van der Waals surface area (Å²) in [5.74, 6) is 3.33. The molecule has 0 aromatic heterocycles. The minimum Gasteiger partial charge on any atom is -0.493 e. The lowest BCUT2D eigenvalue weighted by Crippen LogP contribution is -2.25. The van der Waals surface area contributed by atoms with Gasteiger partial charge in [-0.1, -0.05) is 0 Å². The van der Waals surface area contributed by atoms with Gasteiger partial charge in [-0.2, -0.15) is 0 Å². The molecule has 3 rings (SSSR count). The molecule has 110 valence electrons. The first-order valence-corrected chi connectivity index (χ1v) is 7.36. The van der Waals surface area contributed by atoms with Gasteiger partial charge < -0.3 is 14.8 Å². The second-order valence-electron chi connectivity index (χ2n) is 6.01. The van der Waals surface area contributed by atoms with Gasteiger partial charge in [-0.15, -0.1) is 0 Å². The predicted octanol–water partition coefficient (Wildman–Crippen LogP) is 1.66. The summed E-state index contributed by atoms with van der Waals surface area (Å²) in [4.78, 5) is 2.57. The maximum Gasteiger partial charge on any atom is 0.161 e. The van der Waals surface area contributed by atoms with Gasteiger partial charge in [-0.3, -0.25) is 4.90 Å². The van der Waals surface area contributed by atoms with Crippen LogP contribution in [0.4, 0.5) is 0 Å². The van der Waals surface area contributed by atoms with Crippen LogP contribution in [0, 0.1) is 18.8 Å². The van der Waals surface area contributed by atoms with Gasteiger partial charge in [-0.25, -0.2) is 0 Å². The molecule has 2 saturated heterocycles. The topological polar surface area (TPSA) is 33.7 Å². The molecule has 0 bridgehead atoms. The monoisotopic (exact) mass is 276 g/mol. The lowest BCUT2D eigenvalue weighted by Gasteiger charge is -2.20. The van der Waals surface area contributed by atoms with Crippen molar-refractivity contribution in [2.24, 2.45) is 11.8 Å². The molecule has 2 atom stereocenters. The minimum atomic E-state index is 0.816. The first kappa shape index (κ1) is 13.7. The van der Waals surface area contributed by atoms with Crippen LogP contribution in [0.1, 0.15) is 11.1 Å². The Morgan fingerprint density at radius 2 is 1.70 bits per heavy atom. The van der Waals surface area contributed by atoms with E-state index in [0.717, 1.165) is 29.9 Å². The Hall–Kier alpha value is -1.26. The molecule has 1 aromatic carbocycles. The lowest BCUT2D eigenvalue weighted by atomic mass is 10.0. The summed E-state index contributed by atoms with van der Waals surface area (Å²) in [6.45, 7) is 7.96. The number of hydrogen-bond donors (Lipinski definition) is 1. The largest absolute Gasteiger partial charge is 0.493 e. The van der Waals surface area contributed by atoms with Crippen molar-refractivity contribution in [1.29, 1.82) is 0 Å². The fraction of sp³-hybridized carbons (Fsp3) is 0.625. The van der Waals surface area contributed by atoms with Crippen molar-refractivity contribution < 1.29 is 9.47 Å². The van der Waals surface area contributed by atoms with E-state index in [1.165, 1.54) is 37.3 Å². The molecular weight excluding hydrogens is 252 g/mol. The fourth-order valence-electron chi connectivity index (χ4n) is 3.52. The summed E-state index contributed by atoms with van der Waals surface area (Å²) >= 11 is 0. The van der Waals surface area contributed by atoms with E-state index in [1.54, 1.807) is 14.2 Å². The Balaban J connectivity index is 1.74. The molecule has 0 amide bonds. The van der Waals surface area contributed by atoms with Crippen LogP contribution in [0.25, 0.3) is 0 Å². The molecule has 0 saturated carbocycles. The van der Waals surface area contributed by atoms with Gasteiger partial charge in [0, 0.05) is 19.6 Å². The molecule has 2 aliphatic rings. The Kier molecular flexibility index (Phi) is 3.85. The molecule has 20 heavy (non-hydrogen) atoms. The highest BCUT2D eigenvalue weighted by Gasteiger charge is 2.35. The standard InChI is InChI=1S/C16H24N2O2/c1-11-4-15(19-2)16(20-3)5-12(11)8-18-9-13-6-17-7-14(13)10-18/h4-5,13-14,17H,6-10H2,1-3H3/t13-,14+. The van der Waals surface area contributed by atoms with Crippen molar-refractivity contribution in [2.75, 3.05) is 40.4 Å². The van der Waals surface area contributed by atoms with Gasteiger partial charge in [0.2, 0.25) is 0 Å². The molecule has 4 heteroatoms. The zero-order valence-corrected chi connectivity index (χ0v) is 12.6. The number of benzene rings is 1. The van der Waals surface area contributed by atoms with Crippen LogP contribution in [-0.2, 0) is 6.54 Å². The number of hydrogen-bond acceptors (Lipinski definition) is 4. The number of fused-ring (bicyclic) bond motifs is 1. The molecule has 0 radical (unpaired) electrons. The second-order valence-corrected chi connectivity index (χ2v) is 6.01. The Morgan fingerprint density at radius 3 is 2.30 bits per heavy atom. The number of aryl methyl sites for hydroxylation is 1. The van der Waals surface area contributed by atoms with E-state index < -0.39 is 0 Å². The number of ether oxygens (including phenoxy) is 2. The summed E-state index contributed by atoms with van der Waals surface area (Å²) in [5, 5.41) is 3.49. The van der Waals surface area contributed by atoms with E-state index >= 15 is 0 Å². The van der Waals surface area contributed by atoms with Crippen molar-refractivity contribution >= 4 is 0 Å². The SMILES string of the molecule is COc1cc(C)c(CN2C[C@H]3CNC[C@H]3C2)cc1OC. The van der Waals surface area contributed by atoms with Crippen molar-refractivity contribution in [3.05, 3.63) is 23.3 Å². The van der Waals surface area contributed by atoms with E-state index in [-0.39, 0.29) is 0 Å². The quantitative estimate of drug-likeness (QED) is 0.907. The average Bonchev–Trinajstić information content (AvgIpc) is 3.01. The molecule has 0 unspecified atom stereocenters. The minimum absolute atomic E-state index is 0.816. The third-order valence-electron chi connectivity index (χ3n) is 4.70. The molecule has 2 heterocycles. The van der Waals surface area contributed by atoms with Gasteiger partial charge in [-0.05, 0) is 55.1 Å². The fourth-order valence-corrected chi connectivity index (χ4v) is 3.52. The third-order valence-corrected chi connectivity index (χ3v) is 4.70. The van der Waals surface area contributed by atoms with Gasteiger partial charge in [0.1, 0.15) is 0 Å². The number of nitrogens with one attached hydrogen (secondary N) is 1. The molecular formula is C16H24N2O2. The van der Waals surface area contributed by atoms with E-state index in [1.807, 2.05) is 0 Å². The molecule has 1 N–H and O–H groups in total. The smallest absolute Gasteiger partial charge is 0.161 e. The van der Waals surface area contributed by atoms with Crippen LogP contribution >= 0.6 is 0 Å². The predicted molar refractivity (Wildman–Crippen MR) is 79.4 cm³/mol. The van der Waals surface area contributed by atoms with E-state index in [9.17, 15) is 0 Å². The van der Waals surface area contributed by atoms with Crippen LogP contribution < -0.4 is 14.8 Å². The van der Waals surface area contributed by atoms with Crippen LogP contribution in [0.2, 0.25) is 0 Å². The number of rotatable bonds is 4. The van der Waals surface area contributed by atoms with Crippen LogP contribution in [0.5, 0.6) is 11.5 Å². The summed E-state index contributed by atoms with van der Waals surface area (Å²) in [5.41, 5.74) is 2.62. The summed E-state index contributed by atoms with van der Waals surface area (Å²) < 4.78 is 10.8. The number of nitrogens with zero attached hydrogens (tertiary/aromatic N) is 1. The molecule has 0 spiro atoms. The number of methoxy groups -OCH3 is 2. The number of likely N-dealkylation sites (tertiary alicyclic amines) is 1. The molecule has 4 nitrogen and oxygen atoms in total. The van der Waals surface area contributed by atoms with Crippen molar-refractivity contribution in [3.8, 4) is 11.5 Å². The van der Waals surface area contributed by atoms with E-state index in [2.05, 4.69) is 29.3 Å². The van der Waals surface area contributed by atoms with Crippen LogP contribution in [0.15, 0.2) is 12.1 Å². The van der Waals surface area contributed by atoms with Crippen LogP contribution in [-0.4, -0.2) is 45.3 Å². The maximum absolute atomic E-state index is 5.42. The molecule has 2 aliphatic heterocycles. The van der Waals surface area contributed by atoms with Gasteiger partial charge in [0.25, 0.3) is 0 Å². The zero-order valence-electron chi connectivity index (χ0n) is 12.6. The first-order chi connectivity index (χ1) is 9.71. The first-order valence-electron chi connectivity index (χ1n) is 7.36. The van der Waals surface area contributed by atoms with Gasteiger partial charge >= 0.3 is 0 Å². The second kappa shape index (κ2) is 5.62. The van der Waals surface area contributed by atoms with Crippen molar-refractivity contribution in [2.45, 2.75) is 13.5 Å². The average molecular weight is 276 g/mol. The normalized spacial score (nSPS) is 25.8. The Labute approximate surface area is 121 Å². The van der Waals surface area contributed by atoms with Gasteiger partial charge in [0.05, 0.1) is 14.2 Å². The van der Waals surface area contributed by atoms with E-state index in [0.29, 0.717) is 0 Å². The highest BCUT2D eigenvalue weighted by Crippen LogP contribution is 2.33. The summed E-state index contributed by atoms with van der Waals surface area (Å²) in [7, 11) is 3.38. The van der Waals surface area contributed by atoms with Crippen molar-refractivity contribution in [3.63, 3.8) is 0 Å². The highest BCUT2D eigenvalue weighted by molar-refractivity contribution is 5.47. The zero-order chi connectivity index (χ0) is 14.1. The Morgan fingerprint density at radius 1 is 1.10 bits per heavy atom. The van der Waals surface area contributed by atoms with E-state index in [4.69, 9.17) is 9.47 Å². The summed E-state index contributed by atoms with van der Waals surface area (Å²) in [6, 6.07) is 4.20.